The molecule has 230 valence electrons. The molecule has 41 heavy (non-hydrogen) atoms. The van der Waals surface area contributed by atoms with Crippen molar-refractivity contribution in [2.45, 2.75) is 110 Å². The zero-order chi connectivity index (χ0) is 29.7. The van der Waals surface area contributed by atoms with Gasteiger partial charge < -0.3 is 14.9 Å². The molecule has 0 heterocycles. The van der Waals surface area contributed by atoms with Crippen LogP contribution >= 0.6 is 0 Å². The SMILES string of the molecule is CC[C@H]1[C@@H](O)[C@@H]2[C@H](CC[C@]3(C)[C@@H]([C@H](C)CCOC(=O)CS(=O)(=O)c4ccccc4C)CC[C@@H]23)[C@@]2(C)CC[C@@H](O)C[C@@H]12. The number of esters is 1. The van der Waals surface area contributed by atoms with Crippen LogP contribution in [0.2, 0.25) is 0 Å². The number of carbonyl (C=O) groups is 1. The smallest absolute Gasteiger partial charge is 0.321 e. The van der Waals surface area contributed by atoms with Crippen molar-refractivity contribution in [1.82, 2.24) is 0 Å². The minimum absolute atomic E-state index is 0.148. The van der Waals surface area contributed by atoms with Crippen LogP contribution < -0.4 is 0 Å². The summed E-state index contributed by atoms with van der Waals surface area (Å²) in [7, 11) is -3.73. The van der Waals surface area contributed by atoms with Gasteiger partial charge in [0.2, 0.25) is 0 Å². The summed E-state index contributed by atoms with van der Waals surface area (Å²) in [5.41, 5.74) is 0.975. The largest absolute Gasteiger partial charge is 0.465 e. The van der Waals surface area contributed by atoms with E-state index < -0.39 is 21.6 Å². The van der Waals surface area contributed by atoms with Gasteiger partial charge >= 0.3 is 5.97 Å². The molecule has 0 saturated heterocycles. The molecule has 0 radical (unpaired) electrons. The third kappa shape index (κ3) is 5.42. The first-order valence-corrected chi connectivity index (χ1v) is 17.8. The van der Waals surface area contributed by atoms with E-state index in [0.29, 0.717) is 41.1 Å². The lowest BCUT2D eigenvalue weighted by Gasteiger charge is -2.64. The molecule has 1 aromatic rings. The number of hydrogen-bond donors (Lipinski definition) is 2. The Kier molecular flexibility index (Phi) is 8.75. The Morgan fingerprint density at radius 3 is 2.41 bits per heavy atom. The molecule has 7 heteroatoms. The number of aliphatic hydroxyl groups is 2. The maximum atomic E-state index is 12.7. The van der Waals surface area contributed by atoms with Crippen molar-refractivity contribution < 1.29 is 28.2 Å². The lowest BCUT2D eigenvalue weighted by Crippen LogP contribution is -2.62. The predicted octanol–water partition coefficient (Wildman–Crippen LogP) is 5.96. The number of aryl methyl sites for hydroxylation is 1. The molecule has 11 atom stereocenters. The van der Waals surface area contributed by atoms with Gasteiger partial charge in [0.1, 0.15) is 0 Å². The Hall–Kier alpha value is -1.44. The van der Waals surface area contributed by atoms with Gasteiger partial charge in [0.25, 0.3) is 0 Å². The Labute approximate surface area is 247 Å². The van der Waals surface area contributed by atoms with Gasteiger partial charge in [-0.2, -0.15) is 0 Å². The minimum Gasteiger partial charge on any atom is -0.465 e. The summed E-state index contributed by atoms with van der Waals surface area (Å²) in [6, 6.07) is 6.72. The number of ether oxygens (including phenoxy) is 1. The fourth-order valence-corrected chi connectivity index (χ4v) is 12.1. The molecule has 0 unspecified atom stereocenters. The molecule has 4 aliphatic rings. The van der Waals surface area contributed by atoms with Gasteiger partial charge in [0.15, 0.2) is 15.6 Å². The van der Waals surface area contributed by atoms with Gasteiger partial charge in [-0.15, -0.1) is 0 Å². The Bertz CT molecular complexity index is 1210. The second-order valence-electron chi connectivity index (χ2n) is 14.6. The highest BCUT2D eigenvalue weighted by Gasteiger charge is 2.64. The first kappa shape index (κ1) is 31.0. The highest BCUT2D eigenvalue weighted by atomic mass is 32.2. The number of aliphatic hydroxyl groups excluding tert-OH is 2. The van der Waals surface area contributed by atoms with E-state index in [9.17, 15) is 23.4 Å². The van der Waals surface area contributed by atoms with Crippen molar-refractivity contribution in [3.8, 4) is 0 Å². The number of hydrogen-bond acceptors (Lipinski definition) is 6. The number of fused-ring (bicyclic) bond motifs is 5. The molecule has 0 bridgehead atoms. The molecule has 4 fully saturated rings. The normalized spacial score (nSPS) is 41.1. The predicted molar refractivity (Wildman–Crippen MR) is 160 cm³/mol. The van der Waals surface area contributed by atoms with E-state index in [4.69, 9.17) is 4.74 Å². The van der Waals surface area contributed by atoms with Crippen LogP contribution in [0.3, 0.4) is 0 Å². The van der Waals surface area contributed by atoms with E-state index >= 15 is 0 Å². The number of sulfone groups is 1. The third-order valence-corrected chi connectivity index (χ3v) is 14.5. The van der Waals surface area contributed by atoms with Crippen LogP contribution in [0.5, 0.6) is 0 Å². The number of rotatable bonds is 8. The first-order valence-electron chi connectivity index (χ1n) is 16.1. The van der Waals surface area contributed by atoms with Crippen LogP contribution in [0.25, 0.3) is 0 Å². The molecule has 0 aromatic heterocycles. The number of benzene rings is 1. The molecule has 2 N–H and O–H groups in total. The average molecular weight is 589 g/mol. The van der Waals surface area contributed by atoms with Gasteiger partial charge in [-0.1, -0.05) is 52.3 Å². The van der Waals surface area contributed by atoms with Gasteiger partial charge in [-0.25, -0.2) is 8.42 Å². The average Bonchev–Trinajstić information content (AvgIpc) is 3.27. The summed E-state index contributed by atoms with van der Waals surface area (Å²) in [6.45, 7) is 11.4. The van der Waals surface area contributed by atoms with Gasteiger partial charge in [0.05, 0.1) is 23.7 Å². The monoisotopic (exact) mass is 588 g/mol. The van der Waals surface area contributed by atoms with Crippen molar-refractivity contribution in [2.24, 2.45) is 52.3 Å². The highest BCUT2D eigenvalue weighted by molar-refractivity contribution is 7.92. The van der Waals surface area contributed by atoms with Crippen LogP contribution in [0.15, 0.2) is 29.2 Å². The Morgan fingerprint density at radius 2 is 1.71 bits per heavy atom. The van der Waals surface area contributed by atoms with Gasteiger partial charge in [-0.05, 0) is 122 Å². The van der Waals surface area contributed by atoms with E-state index in [1.54, 1.807) is 25.1 Å². The van der Waals surface area contributed by atoms with E-state index in [-0.39, 0.29) is 40.5 Å². The lowest BCUT2D eigenvalue weighted by molar-refractivity contribution is -0.203. The van der Waals surface area contributed by atoms with Crippen LogP contribution in [0, 0.1) is 59.2 Å². The quantitative estimate of drug-likeness (QED) is 0.363. The van der Waals surface area contributed by atoms with E-state index in [0.717, 1.165) is 57.8 Å². The summed E-state index contributed by atoms with van der Waals surface area (Å²) in [4.78, 5) is 12.7. The molecular weight excluding hydrogens is 536 g/mol. The zero-order valence-corrected chi connectivity index (χ0v) is 26.5. The minimum atomic E-state index is -3.73. The Balaban J connectivity index is 1.22. The maximum Gasteiger partial charge on any atom is 0.321 e. The highest BCUT2D eigenvalue weighted by Crippen LogP contribution is 2.69. The molecular formula is C34H52O6S. The maximum absolute atomic E-state index is 12.7. The molecule has 6 nitrogen and oxygen atoms in total. The first-order chi connectivity index (χ1) is 19.3. The second-order valence-corrected chi connectivity index (χ2v) is 16.6. The fourth-order valence-electron chi connectivity index (χ4n) is 10.7. The standard InChI is InChI=1S/C34H52O6S/c1-6-24-28-19-23(35)13-16-34(28,5)27-14-17-33(4)25(11-12-26(33)31(27)32(24)37)21(2)15-18-40-30(36)20-41(38,39)29-10-8-7-9-22(29)3/h7-10,21,23-28,31-32,35,37H,6,11-20H2,1-5H3/t21-,23-,24-,25-,26+,27+,28+,31+,32-,33-,34-/m1/s1. The fraction of sp³-hybridized carbons (Fsp3) is 0.794. The molecule has 4 saturated carbocycles. The van der Waals surface area contributed by atoms with E-state index in [2.05, 4.69) is 27.7 Å². The Morgan fingerprint density at radius 1 is 1.02 bits per heavy atom. The van der Waals surface area contributed by atoms with Gasteiger partial charge in [-0.3, -0.25) is 4.79 Å². The van der Waals surface area contributed by atoms with Crippen LogP contribution in [-0.2, 0) is 19.4 Å². The van der Waals surface area contributed by atoms with Crippen molar-refractivity contribution in [2.75, 3.05) is 12.4 Å². The summed E-state index contributed by atoms with van der Waals surface area (Å²) in [6.07, 6.45) is 8.51. The van der Waals surface area contributed by atoms with E-state index in [1.165, 1.54) is 6.07 Å². The summed E-state index contributed by atoms with van der Waals surface area (Å²) >= 11 is 0. The van der Waals surface area contributed by atoms with Crippen molar-refractivity contribution in [3.05, 3.63) is 29.8 Å². The van der Waals surface area contributed by atoms with Crippen LogP contribution in [0.4, 0.5) is 0 Å². The number of carbonyl (C=O) groups excluding carboxylic acids is 1. The van der Waals surface area contributed by atoms with Crippen LogP contribution in [0.1, 0.15) is 91.0 Å². The van der Waals surface area contributed by atoms with Crippen molar-refractivity contribution in [1.29, 1.82) is 0 Å². The molecule has 0 aliphatic heterocycles. The van der Waals surface area contributed by atoms with Gasteiger partial charge in [0, 0.05) is 0 Å². The molecule has 0 amide bonds. The molecule has 1 aromatic carbocycles. The van der Waals surface area contributed by atoms with Crippen LogP contribution in [-0.4, -0.2) is 49.2 Å². The van der Waals surface area contributed by atoms with E-state index in [1.807, 2.05) is 0 Å². The zero-order valence-electron chi connectivity index (χ0n) is 25.7. The molecule has 5 rings (SSSR count). The summed E-state index contributed by atoms with van der Waals surface area (Å²) in [5.74, 6) is 1.50. The lowest BCUT2D eigenvalue weighted by atomic mass is 9.41. The molecule has 0 spiro atoms. The second kappa shape index (κ2) is 11.6. The third-order valence-electron chi connectivity index (χ3n) is 12.7. The summed E-state index contributed by atoms with van der Waals surface area (Å²) < 4.78 is 31.0. The van der Waals surface area contributed by atoms with Crippen molar-refractivity contribution in [3.63, 3.8) is 0 Å². The summed E-state index contributed by atoms with van der Waals surface area (Å²) in [5, 5.41) is 22.4. The topological polar surface area (TPSA) is 101 Å². The molecule has 4 aliphatic carbocycles. The van der Waals surface area contributed by atoms with Crippen molar-refractivity contribution >= 4 is 15.8 Å².